The number of pyridine rings is 2. The lowest BCUT2D eigenvalue weighted by Crippen LogP contribution is -2.47. The summed E-state index contributed by atoms with van der Waals surface area (Å²) >= 11 is 0. The lowest BCUT2D eigenvalue weighted by Gasteiger charge is -2.36. The molecule has 10 rings (SSSR count). The molecule has 0 radical (unpaired) electrons. The average Bonchev–Trinajstić information content (AvgIpc) is 3.33. The van der Waals surface area contributed by atoms with Gasteiger partial charge in [-0.05, 0) is 34.4 Å². The Balaban J connectivity index is 0.690. The maximum Gasteiger partial charge on any atom is 0.159 e. The zero-order valence-electron chi connectivity index (χ0n) is 34.2. The van der Waals surface area contributed by atoms with Crippen molar-refractivity contribution in [3.05, 3.63) is 179 Å². The van der Waals surface area contributed by atoms with Gasteiger partial charge in [-0.2, -0.15) is 10.2 Å². The van der Waals surface area contributed by atoms with Crippen LogP contribution < -0.4 is 19.6 Å². The van der Waals surface area contributed by atoms with Crippen molar-refractivity contribution >= 4 is 44.8 Å². The topological polar surface area (TPSA) is 99.5 Å². The van der Waals surface area contributed by atoms with E-state index in [0.29, 0.717) is 13.2 Å². The monoisotopic (exact) mass is 804 g/mol. The number of fused-ring (bicyclic) bond motifs is 2. The number of rotatable bonds is 12. The molecule has 2 fully saturated rings. The van der Waals surface area contributed by atoms with Gasteiger partial charge in [0.05, 0.1) is 24.6 Å². The van der Waals surface area contributed by atoms with Crippen LogP contribution in [0.5, 0.6) is 0 Å². The molecule has 6 heterocycles. The Morgan fingerprint density at radius 3 is 1.13 bits per heavy atom. The van der Waals surface area contributed by atoms with Gasteiger partial charge in [0.25, 0.3) is 0 Å². The van der Waals surface area contributed by atoms with Crippen molar-refractivity contribution in [3.63, 3.8) is 0 Å². The summed E-state index contributed by atoms with van der Waals surface area (Å²) in [6.45, 7) is 7.82. The smallest absolute Gasteiger partial charge is 0.159 e. The molecular formula is C50H48N10O. The van der Waals surface area contributed by atoms with E-state index < -0.39 is 0 Å². The summed E-state index contributed by atoms with van der Waals surface area (Å²) in [7, 11) is 0. The van der Waals surface area contributed by atoms with Gasteiger partial charge in [0.2, 0.25) is 0 Å². The highest BCUT2D eigenvalue weighted by Gasteiger charge is 2.24. The molecule has 0 N–H and O–H groups in total. The van der Waals surface area contributed by atoms with Crippen LogP contribution in [-0.2, 0) is 30.8 Å². The number of aromatic nitrogens is 6. The maximum absolute atomic E-state index is 6.11. The predicted molar refractivity (Wildman–Crippen MR) is 243 cm³/mol. The highest BCUT2D eigenvalue weighted by molar-refractivity contribution is 5.94. The van der Waals surface area contributed by atoms with Crippen LogP contribution in [0.3, 0.4) is 0 Å². The van der Waals surface area contributed by atoms with Crippen LogP contribution in [0, 0.1) is 0 Å². The van der Waals surface area contributed by atoms with Crippen molar-refractivity contribution in [1.82, 2.24) is 30.4 Å². The molecule has 0 bridgehead atoms. The van der Waals surface area contributed by atoms with E-state index in [1.807, 2.05) is 24.5 Å². The van der Waals surface area contributed by atoms with Gasteiger partial charge < -0.3 is 24.3 Å². The molecule has 0 aliphatic carbocycles. The second-order valence-electron chi connectivity index (χ2n) is 15.8. The molecule has 4 aromatic heterocycles. The Morgan fingerprint density at radius 2 is 0.738 bits per heavy atom. The zero-order valence-corrected chi connectivity index (χ0v) is 34.2. The normalized spacial score (nSPS) is 14.6. The Hall–Kier alpha value is -6.98. The zero-order chi connectivity index (χ0) is 40.8. The lowest BCUT2D eigenvalue weighted by atomic mass is 10.0. The van der Waals surface area contributed by atoms with E-state index >= 15 is 0 Å². The van der Waals surface area contributed by atoms with E-state index in [0.717, 1.165) is 122 Å². The SMILES string of the molecule is c1ccc(Cc2nnc(N3CCN(c4ccc(COCc5ccc(N6CCN(c7nnc(Cc8ccccc8)c8ccccc78)CC6)nc5)cn4)CC3)c3ccccc23)cc1. The quantitative estimate of drug-likeness (QED) is 0.121. The Labute approximate surface area is 356 Å². The fourth-order valence-corrected chi connectivity index (χ4v) is 8.56. The van der Waals surface area contributed by atoms with Gasteiger partial charge in [-0.1, -0.05) is 121 Å². The number of hydrogen-bond donors (Lipinski definition) is 0. The van der Waals surface area contributed by atoms with Gasteiger partial charge in [0, 0.05) is 99.1 Å². The van der Waals surface area contributed by atoms with Crippen LogP contribution in [0.2, 0.25) is 0 Å². The van der Waals surface area contributed by atoms with Crippen molar-refractivity contribution in [2.75, 3.05) is 72.0 Å². The highest BCUT2D eigenvalue weighted by atomic mass is 16.5. The third-order valence-electron chi connectivity index (χ3n) is 11.9. The standard InChI is InChI=1S/C50H48N10O/c1-3-11-37(12-4-1)31-45-41-15-7-9-17-43(41)49(55-53-45)59-27-23-57(24-28-59)47-21-19-39(33-51-47)35-61-36-40-20-22-48(52-34-40)58-25-29-60(30-26-58)50-44-18-10-8-16-42(44)46(54-56-50)32-38-13-5-2-6-14-38/h1-22,33-34H,23-32,35-36H2. The van der Waals surface area contributed by atoms with Crippen molar-refractivity contribution in [1.29, 1.82) is 0 Å². The molecule has 2 saturated heterocycles. The molecule has 4 aromatic carbocycles. The first kappa shape index (κ1) is 38.2. The van der Waals surface area contributed by atoms with E-state index in [2.05, 4.69) is 141 Å². The molecule has 11 nitrogen and oxygen atoms in total. The number of nitrogens with zero attached hydrogens (tertiary/aromatic N) is 10. The van der Waals surface area contributed by atoms with Gasteiger partial charge in [-0.25, -0.2) is 9.97 Å². The Morgan fingerprint density at radius 1 is 0.361 bits per heavy atom. The lowest BCUT2D eigenvalue weighted by molar-refractivity contribution is 0.107. The number of piperazine rings is 2. The number of hydrogen-bond acceptors (Lipinski definition) is 11. The van der Waals surface area contributed by atoms with Gasteiger partial charge in [0.1, 0.15) is 11.6 Å². The molecule has 304 valence electrons. The third-order valence-corrected chi connectivity index (χ3v) is 11.9. The summed E-state index contributed by atoms with van der Waals surface area (Å²) in [5.74, 6) is 3.88. The van der Waals surface area contributed by atoms with E-state index in [-0.39, 0.29) is 0 Å². The molecule has 0 saturated carbocycles. The van der Waals surface area contributed by atoms with Gasteiger partial charge in [-0.3, -0.25) is 0 Å². The molecule has 0 unspecified atom stereocenters. The highest BCUT2D eigenvalue weighted by Crippen LogP contribution is 2.30. The molecule has 61 heavy (non-hydrogen) atoms. The summed E-state index contributed by atoms with van der Waals surface area (Å²) in [4.78, 5) is 19.0. The average molecular weight is 805 g/mol. The third kappa shape index (κ3) is 8.55. The maximum atomic E-state index is 6.11. The first-order chi connectivity index (χ1) is 30.2. The molecule has 0 spiro atoms. The molecule has 2 aliphatic rings. The minimum Gasteiger partial charge on any atom is -0.372 e. The minimum absolute atomic E-state index is 0.488. The van der Waals surface area contributed by atoms with E-state index in [4.69, 9.17) is 35.1 Å². The van der Waals surface area contributed by atoms with Crippen molar-refractivity contribution in [3.8, 4) is 0 Å². The van der Waals surface area contributed by atoms with Gasteiger partial charge >= 0.3 is 0 Å². The summed E-state index contributed by atoms with van der Waals surface area (Å²) in [6.07, 6.45) is 5.39. The first-order valence-electron chi connectivity index (χ1n) is 21.3. The van der Waals surface area contributed by atoms with Crippen molar-refractivity contribution in [2.45, 2.75) is 26.1 Å². The summed E-state index contributed by atoms with van der Waals surface area (Å²) in [5, 5.41) is 23.6. The molecule has 8 aromatic rings. The molecule has 0 atom stereocenters. The van der Waals surface area contributed by atoms with Gasteiger partial charge in [0.15, 0.2) is 11.6 Å². The molecule has 0 amide bonds. The molecule has 2 aliphatic heterocycles. The molecule has 11 heteroatoms. The molecular weight excluding hydrogens is 757 g/mol. The Bertz CT molecular complexity index is 2510. The fraction of sp³-hybridized carbons (Fsp3) is 0.240. The number of ether oxygens (including phenoxy) is 1. The largest absolute Gasteiger partial charge is 0.372 e. The van der Waals surface area contributed by atoms with Crippen LogP contribution in [0.4, 0.5) is 23.3 Å². The first-order valence-corrected chi connectivity index (χ1v) is 21.3. The summed E-state index contributed by atoms with van der Waals surface area (Å²) in [6, 6.07) is 46.4. The van der Waals surface area contributed by atoms with Crippen molar-refractivity contribution < 1.29 is 4.74 Å². The number of anilines is 4. The van der Waals surface area contributed by atoms with E-state index in [9.17, 15) is 0 Å². The van der Waals surface area contributed by atoms with Crippen LogP contribution in [0.15, 0.2) is 146 Å². The van der Waals surface area contributed by atoms with Crippen LogP contribution in [0.1, 0.15) is 33.6 Å². The van der Waals surface area contributed by atoms with E-state index in [1.54, 1.807) is 0 Å². The van der Waals surface area contributed by atoms with Crippen LogP contribution in [0.25, 0.3) is 21.5 Å². The van der Waals surface area contributed by atoms with Crippen LogP contribution in [-0.4, -0.2) is 82.7 Å². The van der Waals surface area contributed by atoms with Gasteiger partial charge in [-0.15, -0.1) is 10.2 Å². The van der Waals surface area contributed by atoms with Crippen LogP contribution >= 0.6 is 0 Å². The number of benzene rings is 4. The summed E-state index contributed by atoms with van der Waals surface area (Å²) < 4.78 is 6.11. The fourth-order valence-electron chi connectivity index (χ4n) is 8.56. The second-order valence-corrected chi connectivity index (χ2v) is 15.8. The summed E-state index contributed by atoms with van der Waals surface area (Å²) in [5.41, 5.74) is 6.59. The minimum atomic E-state index is 0.488. The van der Waals surface area contributed by atoms with Crippen molar-refractivity contribution in [2.24, 2.45) is 0 Å². The Kier molecular flexibility index (Phi) is 11.1. The predicted octanol–water partition coefficient (Wildman–Crippen LogP) is 7.91. The van der Waals surface area contributed by atoms with E-state index in [1.165, 1.54) is 21.9 Å². The second kappa shape index (κ2) is 17.7.